The van der Waals surface area contributed by atoms with Gasteiger partial charge in [-0.15, -0.1) is 0 Å². The van der Waals surface area contributed by atoms with Gasteiger partial charge >= 0.3 is 0 Å². The highest BCUT2D eigenvalue weighted by Crippen LogP contribution is 2.21. The van der Waals surface area contributed by atoms with Crippen molar-refractivity contribution in [3.05, 3.63) is 95.1 Å². The van der Waals surface area contributed by atoms with E-state index in [1.54, 1.807) is 0 Å². The normalized spacial score (nSPS) is 9.91. The molecule has 0 aromatic heterocycles. The highest BCUT2D eigenvalue weighted by atomic mass is 19.1. The summed E-state index contributed by atoms with van der Waals surface area (Å²) in [5, 5.41) is 0. The van der Waals surface area contributed by atoms with Gasteiger partial charge in [-0.25, -0.2) is 0 Å². The molecule has 0 aliphatic carbocycles. The van der Waals surface area contributed by atoms with Gasteiger partial charge < -0.3 is 0 Å². The lowest BCUT2D eigenvalue weighted by molar-refractivity contribution is 0.636. The Balaban J connectivity index is 0.000000924. The molecule has 3 rings (SSSR count). The molecular weight excluding hydrogens is 283 g/mol. The summed E-state index contributed by atoms with van der Waals surface area (Å²) in [7, 11) is 0.500. The standard InChI is InChI=1S/C21H20.CH3F/c1-16-3-7-18(8-4-16)15-19-9-13-21(14-10-19)20-11-5-17(2)6-12-20;1-2/h3-14H,15H2,1-2H3;1H3. The molecule has 0 atom stereocenters. The van der Waals surface area contributed by atoms with Crippen LogP contribution in [0.4, 0.5) is 4.39 Å². The van der Waals surface area contributed by atoms with Crippen LogP contribution in [-0.2, 0) is 6.42 Å². The molecule has 0 aliphatic heterocycles. The van der Waals surface area contributed by atoms with Crippen molar-refractivity contribution in [2.45, 2.75) is 20.3 Å². The molecule has 0 N–H and O–H groups in total. The zero-order valence-electron chi connectivity index (χ0n) is 14.0. The van der Waals surface area contributed by atoms with Gasteiger partial charge in [0.25, 0.3) is 0 Å². The molecule has 0 radical (unpaired) electrons. The van der Waals surface area contributed by atoms with E-state index in [1.165, 1.54) is 33.4 Å². The SMILES string of the molecule is CF.Cc1ccc(Cc2ccc(-c3ccc(C)cc3)cc2)cc1. The van der Waals surface area contributed by atoms with Crippen LogP contribution < -0.4 is 0 Å². The molecule has 0 saturated carbocycles. The highest BCUT2D eigenvalue weighted by molar-refractivity contribution is 5.64. The molecule has 0 saturated heterocycles. The number of halogens is 1. The summed E-state index contributed by atoms with van der Waals surface area (Å²) in [4.78, 5) is 0. The first kappa shape index (κ1) is 17.0. The summed E-state index contributed by atoms with van der Waals surface area (Å²) in [5.74, 6) is 0. The maximum absolute atomic E-state index is 9.50. The summed E-state index contributed by atoms with van der Waals surface area (Å²) < 4.78 is 9.50. The fourth-order valence-corrected chi connectivity index (χ4v) is 2.50. The van der Waals surface area contributed by atoms with Crippen molar-refractivity contribution in [3.63, 3.8) is 0 Å². The van der Waals surface area contributed by atoms with E-state index < -0.39 is 0 Å². The highest BCUT2D eigenvalue weighted by Gasteiger charge is 1.99. The van der Waals surface area contributed by atoms with Crippen molar-refractivity contribution in [2.24, 2.45) is 0 Å². The molecular formula is C22H23F. The summed E-state index contributed by atoms with van der Waals surface area (Å²) >= 11 is 0. The van der Waals surface area contributed by atoms with Crippen LogP contribution in [0, 0.1) is 13.8 Å². The van der Waals surface area contributed by atoms with E-state index in [4.69, 9.17) is 0 Å². The molecule has 118 valence electrons. The monoisotopic (exact) mass is 306 g/mol. The largest absolute Gasteiger partial charge is 0.255 e. The number of hydrogen-bond donors (Lipinski definition) is 0. The number of alkyl halides is 1. The minimum Gasteiger partial charge on any atom is -0.255 e. The predicted molar refractivity (Wildman–Crippen MR) is 97.6 cm³/mol. The molecule has 0 spiro atoms. The van der Waals surface area contributed by atoms with Crippen molar-refractivity contribution in [2.75, 3.05) is 7.18 Å². The van der Waals surface area contributed by atoms with Crippen LogP contribution in [0.3, 0.4) is 0 Å². The zero-order valence-corrected chi connectivity index (χ0v) is 14.0. The fraction of sp³-hybridized carbons (Fsp3) is 0.182. The zero-order chi connectivity index (χ0) is 16.7. The van der Waals surface area contributed by atoms with Crippen molar-refractivity contribution in [3.8, 4) is 11.1 Å². The third-order valence-electron chi connectivity index (χ3n) is 3.87. The second-order valence-electron chi connectivity index (χ2n) is 5.73. The van der Waals surface area contributed by atoms with Crippen LogP contribution in [0.5, 0.6) is 0 Å². The van der Waals surface area contributed by atoms with Gasteiger partial charge in [0, 0.05) is 0 Å². The molecule has 23 heavy (non-hydrogen) atoms. The average Bonchev–Trinajstić information content (AvgIpc) is 2.60. The Morgan fingerprint density at radius 2 is 0.826 bits per heavy atom. The van der Waals surface area contributed by atoms with Gasteiger partial charge in [0.1, 0.15) is 0 Å². The van der Waals surface area contributed by atoms with E-state index in [2.05, 4.69) is 86.6 Å². The lowest BCUT2D eigenvalue weighted by Crippen LogP contribution is -1.88. The van der Waals surface area contributed by atoms with Crippen LogP contribution >= 0.6 is 0 Å². The molecule has 3 aromatic carbocycles. The molecule has 0 bridgehead atoms. The summed E-state index contributed by atoms with van der Waals surface area (Å²) in [6.45, 7) is 4.24. The lowest BCUT2D eigenvalue weighted by atomic mass is 9.99. The maximum Gasteiger partial charge on any atom is 0.0785 e. The van der Waals surface area contributed by atoms with Gasteiger partial charge in [0.05, 0.1) is 7.18 Å². The predicted octanol–water partition coefficient (Wildman–Crippen LogP) is 6.15. The van der Waals surface area contributed by atoms with Gasteiger partial charge in [0.15, 0.2) is 0 Å². The summed E-state index contributed by atoms with van der Waals surface area (Å²) in [6, 6.07) is 26.4. The van der Waals surface area contributed by atoms with Gasteiger partial charge in [-0.2, -0.15) is 0 Å². The van der Waals surface area contributed by atoms with E-state index in [0.29, 0.717) is 7.18 Å². The van der Waals surface area contributed by atoms with E-state index in [1.807, 2.05) is 0 Å². The molecule has 0 nitrogen and oxygen atoms in total. The first-order chi connectivity index (χ1) is 11.2. The minimum atomic E-state index is 0.500. The molecule has 1 heteroatoms. The van der Waals surface area contributed by atoms with Crippen LogP contribution in [0.2, 0.25) is 0 Å². The minimum absolute atomic E-state index is 0.500. The smallest absolute Gasteiger partial charge is 0.0785 e. The van der Waals surface area contributed by atoms with Crippen LogP contribution in [0.1, 0.15) is 22.3 Å². The van der Waals surface area contributed by atoms with E-state index in [-0.39, 0.29) is 0 Å². The molecule has 0 heterocycles. The number of benzene rings is 3. The molecule has 0 fully saturated rings. The Morgan fingerprint density at radius 1 is 0.522 bits per heavy atom. The lowest BCUT2D eigenvalue weighted by Gasteiger charge is -2.06. The summed E-state index contributed by atoms with van der Waals surface area (Å²) in [6.07, 6.45) is 0.995. The van der Waals surface area contributed by atoms with E-state index in [9.17, 15) is 4.39 Å². The number of aryl methyl sites for hydroxylation is 2. The topological polar surface area (TPSA) is 0 Å². The first-order valence-corrected chi connectivity index (χ1v) is 7.80. The Bertz CT molecular complexity index is 707. The average molecular weight is 306 g/mol. The summed E-state index contributed by atoms with van der Waals surface area (Å²) in [5.41, 5.74) is 7.90. The molecule has 0 unspecified atom stereocenters. The quantitative estimate of drug-likeness (QED) is 0.544. The van der Waals surface area contributed by atoms with Crippen molar-refractivity contribution in [1.29, 1.82) is 0 Å². The van der Waals surface area contributed by atoms with Crippen LogP contribution in [-0.4, -0.2) is 7.18 Å². The van der Waals surface area contributed by atoms with Crippen LogP contribution in [0.15, 0.2) is 72.8 Å². The van der Waals surface area contributed by atoms with E-state index in [0.717, 1.165) is 6.42 Å². The molecule has 3 aromatic rings. The second kappa shape index (κ2) is 8.28. The Morgan fingerprint density at radius 3 is 1.26 bits per heavy atom. The van der Waals surface area contributed by atoms with Gasteiger partial charge in [-0.3, -0.25) is 4.39 Å². The van der Waals surface area contributed by atoms with E-state index >= 15 is 0 Å². The van der Waals surface area contributed by atoms with Crippen molar-refractivity contribution < 1.29 is 4.39 Å². The van der Waals surface area contributed by atoms with Crippen molar-refractivity contribution >= 4 is 0 Å². The third-order valence-corrected chi connectivity index (χ3v) is 3.87. The molecule has 0 aliphatic rings. The van der Waals surface area contributed by atoms with Crippen molar-refractivity contribution in [1.82, 2.24) is 0 Å². The van der Waals surface area contributed by atoms with Gasteiger partial charge in [-0.1, -0.05) is 83.9 Å². The fourth-order valence-electron chi connectivity index (χ4n) is 2.50. The Kier molecular flexibility index (Phi) is 6.10. The first-order valence-electron chi connectivity index (χ1n) is 7.80. The third kappa shape index (κ3) is 4.79. The van der Waals surface area contributed by atoms with Gasteiger partial charge in [-0.05, 0) is 42.5 Å². The number of rotatable bonds is 3. The number of hydrogen-bond acceptors (Lipinski definition) is 0. The van der Waals surface area contributed by atoms with Crippen LogP contribution in [0.25, 0.3) is 11.1 Å². The van der Waals surface area contributed by atoms with Gasteiger partial charge in [0.2, 0.25) is 0 Å². The maximum atomic E-state index is 9.50. The Labute approximate surface area is 138 Å². The second-order valence-corrected chi connectivity index (χ2v) is 5.73. The molecule has 0 amide bonds. The Hall–Kier alpha value is -2.41.